The fourth-order valence-corrected chi connectivity index (χ4v) is 2.51. The molecule has 3 nitrogen and oxygen atoms in total. The summed E-state index contributed by atoms with van der Waals surface area (Å²) < 4.78 is 0. The lowest BCUT2D eigenvalue weighted by Crippen LogP contribution is -2.14. The summed E-state index contributed by atoms with van der Waals surface area (Å²) >= 11 is 23.7. The maximum absolute atomic E-state index is 12.2. The minimum atomic E-state index is -0.631. The van der Waals surface area contributed by atoms with Crippen molar-refractivity contribution in [3.05, 3.63) is 67.6 Å². The number of hydrogen-bond acceptors (Lipinski definition) is 2. The van der Waals surface area contributed by atoms with E-state index in [1.165, 1.54) is 6.08 Å². The van der Waals surface area contributed by atoms with Gasteiger partial charge in [0, 0.05) is 0 Å². The normalized spacial score (nSPS) is 11.0. The summed E-state index contributed by atoms with van der Waals surface area (Å²) in [4.78, 5) is 12.2. The first-order valence-corrected chi connectivity index (χ1v) is 7.75. The number of halogens is 4. The molecule has 2 aromatic rings. The molecule has 0 saturated heterocycles. The highest BCUT2D eigenvalue weighted by Gasteiger charge is 2.14. The Kier molecular flexibility index (Phi) is 5.92. The Hall–Kier alpha value is -1.70. The molecule has 23 heavy (non-hydrogen) atoms. The molecule has 0 bridgehead atoms. The van der Waals surface area contributed by atoms with Crippen molar-refractivity contribution in [2.75, 3.05) is 5.32 Å². The molecule has 0 aliphatic carbocycles. The Morgan fingerprint density at radius 1 is 1.00 bits per heavy atom. The van der Waals surface area contributed by atoms with Crippen LogP contribution in [0.3, 0.4) is 0 Å². The summed E-state index contributed by atoms with van der Waals surface area (Å²) in [7, 11) is 0. The van der Waals surface area contributed by atoms with Gasteiger partial charge in [-0.2, -0.15) is 5.26 Å². The zero-order chi connectivity index (χ0) is 17.0. The Morgan fingerprint density at radius 3 is 2.22 bits per heavy atom. The summed E-state index contributed by atoms with van der Waals surface area (Å²) in [5.41, 5.74) is 0.687. The van der Waals surface area contributed by atoms with Crippen LogP contribution in [0.4, 0.5) is 5.69 Å². The Morgan fingerprint density at radius 2 is 1.65 bits per heavy atom. The van der Waals surface area contributed by atoms with Crippen LogP contribution < -0.4 is 5.32 Å². The fourth-order valence-electron chi connectivity index (χ4n) is 1.72. The van der Waals surface area contributed by atoms with Crippen LogP contribution in [-0.4, -0.2) is 5.91 Å². The second-order valence-electron chi connectivity index (χ2n) is 4.39. The van der Waals surface area contributed by atoms with E-state index < -0.39 is 5.91 Å². The molecular formula is C16H8Cl4N2O. The van der Waals surface area contributed by atoms with Crippen molar-refractivity contribution in [1.29, 1.82) is 5.26 Å². The van der Waals surface area contributed by atoms with Gasteiger partial charge in [0.1, 0.15) is 11.6 Å². The molecule has 0 unspecified atom stereocenters. The SMILES string of the molecule is N#C/C(=C\c1ccc(Cl)c(Cl)c1)C(=O)Nc1c(Cl)cccc1Cl. The summed E-state index contributed by atoms with van der Waals surface area (Å²) in [6.45, 7) is 0. The summed E-state index contributed by atoms with van der Waals surface area (Å²) in [5, 5.41) is 13.0. The van der Waals surface area contributed by atoms with Crippen molar-refractivity contribution >= 4 is 64.1 Å². The predicted octanol–water partition coefficient (Wildman–Crippen LogP) is 5.85. The summed E-state index contributed by atoms with van der Waals surface area (Å²) in [6, 6.07) is 11.4. The average molecular weight is 386 g/mol. The maximum atomic E-state index is 12.2. The van der Waals surface area contributed by atoms with Crippen LogP contribution in [0.25, 0.3) is 6.08 Å². The third-order valence-corrected chi connectivity index (χ3v) is 4.19. The molecule has 116 valence electrons. The van der Waals surface area contributed by atoms with Gasteiger partial charge in [-0.05, 0) is 35.9 Å². The van der Waals surface area contributed by atoms with E-state index in [9.17, 15) is 10.1 Å². The Balaban J connectivity index is 2.30. The van der Waals surface area contributed by atoms with Crippen LogP contribution in [0.5, 0.6) is 0 Å². The standard InChI is InChI=1S/C16H8Cl4N2O/c17-11-5-4-9(7-14(11)20)6-10(8-21)16(23)22-15-12(18)2-1-3-13(15)19/h1-7H,(H,22,23)/b10-6+. The molecule has 0 spiro atoms. The molecule has 2 aromatic carbocycles. The Labute approximate surface area is 153 Å². The lowest BCUT2D eigenvalue weighted by molar-refractivity contribution is -0.112. The lowest BCUT2D eigenvalue weighted by Gasteiger charge is -2.08. The molecule has 0 heterocycles. The molecule has 0 aliphatic heterocycles. The third-order valence-electron chi connectivity index (χ3n) is 2.82. The Bertz CT molecular complexity index is 820. The van der Waals surface area contributed by atoms with Gasteiger partial charge in [0.15, 0.2) is 0 Å². The van der Waals surface area contributed by atoms with E-state index >= 15 is 0 Å². The predicted molar refractivity (Wildman–Crippen MR) is 95.1 cm³/mol. The monoisotopic (exact) mass is 384 g/mol. The molecule has 2 rings (SSSR count). The van der Waals surface area contributed by atoms with Crippen LogP contribution in [0.2, 0.25) is 20.1 Å². The first-order chi connectivity index (χ1) is 10.9. The average Bonchev–Trinajstić information content (AvgIpc) is 2.52. The van der Waals surface area contributed by atoms with Gasteiger partial charge >= 0.3 is 0 Å². The molecule has 0 aromatic heterocycles. The van der Waals surface area contributed by atoms with E-state index in [0.717, 1.165) is 0 Å². The van der Waals surface area contributed by atoms with Gasteiger partial charge in [0.2, 0.25) is 0 Å². The number of benzene rings is 2. The summed E-state index contributed by atoms with van der Waals surface area (Å²) in [5.74, 6) is -0.631. The zero-order valence-electron chi connectivity index (χ0n) is 11.4. The van der Waals surface area contributed by atoms with Gasteiger partial charge in [-0.25, -0.2) is 0 Å². The molecular weight excluding hydrogens is 378 g/mol. The van der Waals surface area contributed by atoms with Gasteiger partial charge in [-0.1, -0.05) is 58.5 Å². The van der Waals surface area contributed by atoms with Crippen molar-refractivity contribution in [2.45, 2.75) is 0 Å². The van der Waals surface area contributed by atoms with E-state index in [1.54, 1.807) is 36.4 Å². The highest BCUT2D eigenvalue weighted by Crippen LogP contribution is 2.30. The molecule has 0 saturated carbocycles. The van der Waals surface area contributed by atoms with E-state index in [1.807, 2.05) is 6.07 Å². The number of nitriles is 1. The largest absolute Gasteiger partial charge is 0.319 e. The van der Waals surface area contributed by atoms with Crippen LogP contribution >= 0.6 is 46.4 Å². The van der Waals surface area contributed by atoms with E-state index in [-0.39, 0.29) is 21.3 Å². The van der Waals surface area contributed by atoms with Crippen molar-refractivity contribution in [2.24, 2.45) is 0 Å². The fraction of sp³-hybridized carbons (Fsp3) is 0. The number of nitrogens with zero attached hydrogens (tertiary/aromatic N) is 1. The number of hydrogen-bond donors (Lipinski definition) is 1. The van der Waals surface area contributed by atoms with Crippen LogP contribution in [0, 0.1) is 11.3 Å². The van der Waals surface area contributed by atoms with Gasteiger partial charge in [0.05, 0.1) is 25.8 Å². The highest BCUT2D eigenvalue weighted by atomic mass is 35.5. The number of nitrogens with one attached hydrogen (secondary N) is 1. The van der Waals surface area contributed by atoms with E-state index in [0.29, 0.717) is 15.6 Å². The lowest BCUT2D eigenvalue weighted by atomic mass is 10.1. The molecule has 7 heteroatoms. The first kappa shape index (κ1) is 17.7. The number of amides is 1. The molecule has 0 atom stereocenters. The maximum Gasteiger partial charge on any atom is 0.266 e. The minimum Gasteiger partial charge on any atom is -0.319 e. The van der Waals surface area contributed by atoms with E-state index in [4.69, 9.17) is 46.4 Å². The van der Waals surface area contributed by atoms with E-state index in [2.05, 4.69) is 5.32 Å². The van der Waals surface area contributed by atoms with Gasteiger partial charge < -0.3 is 5.32 Å². The van der Waals surface area contributed by atoms with Crippen molar-refractivity contribution < 1.29 is 4.79 Å². The molecule has 1 amide bonds. The second-order valence-corrected chi connectivity index (χ2v) is 6.02. The highest BCUT2D eigenvalue weighted by molar-refractivity contribution is 6.42. The van der Waals surface area contributed by atoms with Crippen LogP contribution in [0.15, 0.2) is 42.0 Å². The molecule has 0 fully saturated rings. The molecule has 0 aliphatic rings. The summed E-state index contributed by atoms with van der Waals surface area (Å²) in [6.07, 6.45) is 1.39. The number of anilines is 1. The van der Waals surface area contributed by atoms with Crippen molar-refractivity contribution in [3.8, 4) is 6.07 Å². The second kappa shape index (κ2) is 7.72. The number of rotatable bonds is 3. The number of carbonyl (C=O) groups excluding carboxylic acids is 1. The van der Waals surface area contributed by atoms with Gasteiger partial charge in [0.25, 0.3) is 5.91 Å². The van der Waals surface area contributed by atoms with Crippen LogP contribution in [-0.2, 0) is 4.79 Å². The molecule has 1 N–H and O–H groups in total. The minimum absolute atomic E-state index is 0.126. The van der Waals surface area contributed by atoms with Crippen molar-refractivity contribution in [3.63, 3.8) is 0 Å². The van der Waals surface area contributed by atoms with Crippen LogP contribution in [0.1, 0.15) is 5.56 Å². The van der Waals surface area contributed by atoms with Gasteiger partial charge in [-0.3, -0.25) is 4.79 Å². The smallest absolute Gasteiger partial charge is 0.266 e. The molecule has 0 radical (unpaired) electrons. The topological polar surface area (TPSA) is 52.9 Å². The number of para-hydroxylation sites is 1. The van der Waals surface area contributed by atoms with Gasteiger partial charge in [-0.15, -0.1) is 0 Å². The van der Waals surface area contributed by atoms with Crippen molar-refractivity contribution in [1.82, 2.24) is 0 Å². The first-order valence-electron chi connectivity index (χ1n) is 6.24. The third kappa shape index (κ3) is 4.40. The quantitative estimate of drug-likeness (QED) is 0.532. The zero-order valence-corrected chi connectivity index (χ0v) is 14.4. The number of carbonyl (C=O) groups is 1.